The van der Waals surface area contributed by atoms with Crippen molar-refractivity contribution in [1.29, 1.82) is 0 Å². The van der Waals surface area contributed by atoms with Crippen LogP contribution in [-0.4, -0.2) is 19.2 Å². The molecule has 264 valence electrons. The van der Waals surface area contributed by atoms with Crippen molar-refractivity contribution in [1.82, 2.24) is 19.2 Å². The van der Waals surface area contributed by atoms with Crippen LogP contribution in [0.2, 0.25) is 0 Å². The normalized spacial score (nSPS) is 12.1. The fourth-order valence-corrected chi connectivity index (χ4v) is 9.03. The van der Waals surface area contributed by atoms with Gasteiger partial charge in [0, 0.05) is 11.1 Å². The molecular formula is C49H38N4Pt. The minimum atomic E-state index is -0.670. The molecule has 0 N–H and O–H groups in total. The zero-order valence-electron chi connectivity index (χ0n) is 31.2. The molecular weight excluding hydrogens is 840 g/mol. The maximum Gasteiger partial charge on any atom is 2.00 e. The van der Waals surface area contributed by atoms with Crippen LogP contribution in [0.15, 0.2) is 121 Å². The number of hydrogen-bond acceptors (Lipinski definition) is 2. The van der Waals surface area contributed by atoms with Crippen molar-refractivity contribution in [2.45, 2.75) is 47.0 Å². The van der Waals surface area contributed by atoms with Crippen LogP contribution in [0.4, 0.5) is 0 Å². The summed E-state index contributed by atoms with van der Waals surface area (Å²) >= 11 is 0. The topological polar surface area (TPSA) is 34.6 Å². The standard InChI is InChI=1S/C49H38N4.Pt/c1-29-17-15-18-30(2)41(29)43-45-37-25-9-7-21-33(37)35-23-11-13-27-39(35)52(45)50-47(43)49(5,6)48-44(42-31(3)19-16-20-32(42)4)46-38-26-10-8-22-34(38)36-24-12-14-28-40(36)53(46)51-48;/h7-26H,1-6H3;/q-2;+2. The van der Waals surface area contributed by atoms with Gasteiger partial charge >= 0.3 is 21.1 Å². The van der Waals surface area contributed by atoms with Crippen LogP contribution < -0.4 is 0 Å². The molecule has 4 heterocycles. The average Bonchev–Trinajstić information content (AvgIpc) is 3.77. The second-order valence-corrected chi connectivity index (χ2v) is 15.1. The van der Waals surface area contributed by atoms with Gasteiger partial charge in [-0.15, -0.1) is 10.8 Å². The van der Waals surface area contributed by atoms with Crippen LogP contribution in [0.1, 0.15) is 47.5 Å². The van der Waals surface area contributed by atoms with E-state index < -0.39 is 5.41 Å². The third-order valence-corrected chi connectivity index (χ3v) is 11.5. The summed E-state index contributed by atoms with van der Waals surface area (Å²) in [6.07, 6.45) is 0. The molecule has 0 bridgehead atoms. The monoisotopic (exact) mass is 877 g/mol. The van der Waals surface area contributed by atoms with Gasteiger partial charge in [-0.3, -0.25) is 9.03 Å². The largest absolute Gasteiger partial charge is 2.00 e. The molecule has 10 aromatic rings. The Morgan fingerprint density at radius 3 is 1.17 bits per heavy atom. The molecule has 0 fully saturated rings. The number of hydrogen-bond donors (Lipinski definition) is 0. The summed E-state index contributed by atoms with van der Waals surface area (Å²) < 4.78 is 4.31. The molecule has 5 heteroatoms. The third kappa shape index (κ3) is 4.72. The molecule has 0 aliphatic rings. The van der Waals surface area contributed by atoms with Crippen LogP contribution in [0, 0.1) is 39.8 Å². The van der Waals surface area contributed by atoms with E-state index in [9.17, 15) is 0 Å². The summed E-state index contributed by atoms with van der Waals surface area (Å²) in [5.41, 5.74) is 15.0. The number of benzene rings is 6. The number of aryl methyl sites for hydroxylation is 4. The van der Waals surface area contributed by atoms with Crippen molar-refractivity contribution in [3.8, 4) is 22.3 Å². The quantitative estimate of drug-likeness (QED) is 0.130. The van der Waals surface area contributed by atoms with Crippen LogP contribution >= 0.6 is 0 Å². The van der Waals surface area contributed by atoms with Crippen molar-refractivity contribution in [2.24, 2.45) is 0 Å². The first-order valence-corrected chi connectivity index (χ1v) is 18.4. The van der Waals surface area contributed by atoms with Gasteiger partial charge in [-0.25, -0.2) is 0 Å². The summed E-state index contributed by atoms with van der Waals surface area (Å²) in [4.78, 5) is 0. The SMILES string of the molecule is Cc1cccc(C)c1-c1c(C(C)(C)c2nn3c4[c-]cccc4c4ccccc4c3c2-c2c(C)cccc2C)nn2c3[c-]cccc3c3ccccc3c12.[Pt+2]. The number of aromatic nitrogens is 4. The second kappa shape index (κ2) is 12.5. The zero-order chi connectivity index (χ0) is 36.2. The van der Waals surface area contributed by atoms with Crippen LogP contribution in [0.3, 0.4) is 0 Å². The molecule has 10 rings (SSSR count). The van der Waals surface area contributed by atoms with Crippen molar-refractivity contribution < 1.29 is 21.1 Å². The van der Waals surface area contributed by atoms with Crippen LogP contribution in [-0.2, 0) is 26.5 Å². The maximum absolute atomic E-state index is 5.70. The predicted octanol–water partition coefficient (Wildman–Crippen LogP) is 12.1. The van der Waals surface area contributed by atoms with Gasteiger partial charge in [0.25, 0.3) is 0 Å². The molecule has 0 spiro atoms. The Kier molecular flexibility index (Phi) is 7.92. The first-order valence-electron chi connectivity index (χ1n) is 18.4. The van der Waals surface area contributed by atoms with Crippen LogP contribution in [0.5, 0.6) is 0 Å². The number of pyridine rings is 2. The van der Waals surface area contributed by atoms with Crippen molar-refractivity contribution in [2.75, 3.05) is 0 Å². The van der Waals surface area contributed by atoms with Crippen molar-refractivity contribution >= 4 is 54.4 Å². The Morgan fingerprint density at radius 1 is 0.426 bits per heavy atom. The van der Waals surface area contributed by atoms with Gasteiger partial charge in [0.15, 0.2) is 0 Å². The Morgan fingerprint density at radius 2 is 0.778 bits per heavy atom. The first kappa shape index (κ1) is 34.2. The van der Waals surface area contributed by atoms with Gasteiger partial charge in [0.2, 0.25) is 0 Å². The van der Waals surface area contributed by atoms with Gasteiger partial charge < -0.3 is 0 Å². The van der Waals surface area contributed by atoms with E-state index in [1.165, 1.54) is 54.9 Å². The van der Waals surface area contributed by atoms with Gasteiger partial charge in [-0.2, -0.15) is 58.7 Å². The van der Waals surface area contributed by atoms with Gasteiger partial charge in [0.05, 0.1) is 27.8 Å². The second-order valence-electron chi connectivity index (χ2n) is 15.1. The summed E-state index contributed by atoms with van der Waals surface area (Å²) in [5, 5.41) is 18.4. The summed E-state index contributed by atoms with van der Waals surface area (Å²) in [7, 11) is 0. The fraction of sp³-hybridized carbons (Fsp3) is 0.143. The van der Waals surface area contributed by atoms with E-state index in [1.54, 1.807) is 0 Å². The molecule has 0 unspecified atom stereocenters. The number of para-hydroxylation sites is 2. The van der Waals surface area contributed by atoms with E-state index in [4.69, 9.17) is 10.2 Å². The van der Waals surface area contributed by atoms with Gasteiger partial charge in [0.1, 0.15) is 0 Å². The fourth-order valence-electron chi connectivity index (χ4n) is 9.03. The Hall–Kier alpha value is -5.57. The Bertz CT molecular complexity index is 2890. The van der Waals surface area contributed by atoms with E-state index in [0.29, 0.717) is 0 Å². The number of nitrogens with zero attached hydrogens (tertiary/aromatic N) is 4. The minimum Gasteiger partial charge on any atom is -0.256 e. The average molecular weight is 878 g/mol. The minimum absolute atomic E-state index is 0. The molecule has 0 radical (unpaired) electrons. The predicted molar refractivity (Wildman–Crippen MR) is 220 cm³/mol. The van der Waals surface area contributed by atoms with E-state index in [-0.39, 0.29) is 21.1 Å². The number of rotatable bonds is 4. The van der Waals surface area contributed by atoms with Gasteiger partial charge in [-0.1, -0.05) is 95.7 Å². The van der Waals surface area contributed by atoms with E-state index >= 15 is 0 Å². The van der Waals surface area contributed by atoms with Gasteiger partial charge in [-0.05, 0) is 96.7 Å². The summed E-state index contributed by atoms with van der Waals surface area (Å²) in [6, 6.07) is 50.4. The molecule has 0 amide bonds. The molecule has 0 atom stereocenters. The Balaban J connectivity index is 0.00000384. The molecule has 6 aromatic carbocycles. The maximum atomic E-state index is 5.70. The molecule has 0 saturated heterocycles. The van der Waals surface area contributed by atoms with E-state index in [2.05, 4.69) is 172 Å². The zero-order valence-corrected chi connectivity index (χ0v) is 33.4. The summed E-state index contributed by atoms with van der Waals surface area (Å²) in [5.74, 6) is 0. The Labute approximate surface area is 329 Å². The van der Waals surface area contributed by atoms with Crippen LogP contribution in [0.25, 0.3) is 76.6 Å². The summed E-state index contributed by atoms with van der Waals surface area (Å²) in [6.45, 7) is 13.5. The number of fused-ring (bicyclic) bond motifs is 12. The molecule has 54 heavy (non-hydrogen) atoms. The molecule has 0 aliphatic carbocycles. The molecule has 4 nitrogen and oxygen atoms in total. The molecule has 4 aromatic heterocycles. The van der Waals surface area contributed by atoms with E-state index in [0.717, 1.165) is 55.4 Å². The first-order chi connectivity index (χ1) is 25.8. The van der Waals surface area contributed by atoms with Crippen molar-refractivity contribution in [3.05, 3.63) is 167 Å². The third-order valence-electron chi connectivity index (χ3n) is 11.5. The molecule has 0 aliphatic heterocycles. The van der Waals surface area contributed by atoms with Crippen molar-refractivity contribution in [3.63, 3.8) is 0 Å². The van der Waals surface area contributed by atoms with E-state index in [1.807, 2.05) is 12.1 Å². The molecule has 0 saturated carbocycles. The smallest absolute Gasteiger partial charge is 0.256 e.